The van der Waals surface area contributed by atoms with Gasteiger partial charge in [0.25, 0.3) is 0 Å². The predicted molar refractivity (Wildman–Crippen MR) is 77.3 cm³/mol. The summed E-state index contributed by atoms with van der Waals surface area (Å²) in [6.07, 6.45) is 1.87. The Balaban J connectivity index is 2.55. The van der Waals surface area contributed by atoms with Gasteiger partial charge < -0.3 is 5.32 Å². The number of anilines is 1. The number of nitrogens with one attached hydrogen (secondary N) is 1. The molecule has 1 atom stereocenters. The van der Waals surface area contributed by atoms with Crippen LogP contribution in [0.25, 0.3) is 10.9 Å². The first kappa shape index (κ1) is 13.1. The predicted octanol–water partition coefficient (Wildman–Crippen LogP) is 4.06. The fourth-order valence-corrected chi connectivity index (χ4v) is 1.92. The van der Waals surface area contributed by atoms with E-state index in [9.17, 15) is 0 Å². The zero-order valence-electron chi connectivity index (χ0n) is 11.0. The highest BCUT2D eigenvalue weighted by Gasteiger charge is 2.09. The van der Waals surface area contributed by atoms with Crippen LogP contribution in [0.15, 0.2) is 18.2 Å². The van der Waals surface area contributed by atoms with E-state index in [1.54, 1.807) is 0 Å². The van der Waals surface area contributed by atoms with Crippen molar-refractivity contribution in [2.45, 2.75) is 39.7 Å². The minimum absolute atomic E-state index is 0.392. The van der Waals surface area contributed by atoms with Crippen molar-refractivity contribution in [3.8, 4) is 0 Å². The van der Waals surface area contributed by atoms with Crippen LogP contribution < -0.4 is 5.32 Å². The number of hydrogen-bond acceptors (Lipinski definition) is 3. The second-order valence-corrected chi connectivity index (χ2v) is 4.89. The molecule has 0 aliphatic rings. The Morgan fingerprint density at radius 1 is 1.28 bits per heavy atom. The molecule has 1 heterocycles. The Hall–Kier alpha value is -1.35. The van der Waals surface area contributed by atoms with Crippen molar-refractivity contribution in [3.05, 3.63) is 29.0 Å². The van der Waals surface area contributed by atoms with Gasteiger partial charge in [-0.05, 0) is 31.5 Å². The van der Waals surface area contributed by atoms with Crippen LogP contribution in [0.2, 0.25) is 5.02 Å². The molecule has 1 N–H and O–H groups in total. The molecule has 1 aromatic heterocycles. The molecule has 0 radical (unpaired) electrons. The average molecular weight is 264 g/mol. The number of hydrogen-bond donors (Lipinski definition) is 1. The topological polar surface area (TPSA) is 37.8 Å². The standard InChI is InChI=1S/C14H18ClN3/c1-4-9(3)16-14-11-7-6-10(15)8-12(11)17-13(5-2)18-14/h6-9H,4-5H2,1-3H3,(H,16,17,18)/t9-/m1/s1. The van der Waals surface area contributed by atoms with E-state index in [1.165, 1.54) is 0 Å². The van der Waals surface area contributed by atoms with E-state index in [-0.39, 0.29) is 0 Å². The van der Waals surface area contributed by atoms with Crippen LogP contribution in [-0.4, -0.2) is 16.0 Å². The molecular weight excluding hydrogens is 246 g/mol. The first-order valence-electron chi connectivity index (χ1n) is 6.36. The van der Waals surface area contributed by atoms with E-state index in [4.69, 9.17) is 11.6 Å². The number of benzene rings is 1. The van der Waals surface area contributed by atoms with Crippen molar-refractivity contribution in [2.75, 3.05) is 5.32 Å². The molecule has 18 heavy (non-hydrogen) atoms. The summed E-state index contributed by atoms with van der Waals surface area (Å²) in [6, 6.07) is 6.13. The second kappa shape index (κ2) is 5.53. The van der Waals surface area contributed by atoms with Gasteiger partial charge in [0.05, 0.1) is 5.52 Å². The lowest BCUT2D eigenvalue weighted by molar-refractivity contribution is 0.758. The molecule has 0 aliphatic carbocycles. The first-order valence-corrected chi connectivity index (χ1v) is 6.74. The van der Waals surface area contributed by atoms with Gasteiger partial charge in [-0.25, -0.2) is 9.97 Å². The van der Waals surface area contributed by atoms with Gasteiger partial charge in [0.1, 0.15) is 11.6 Å². The SMILES string of the molecule is CCc1nc(N[C@H](C)CC)c2ccc(Cl)cc2n1. The molecule has 4 heteroatoms. The highest BCUT2D eigenvalue weighted by atomic mass is 35.5. The van der Waals surface area contributed by atoms with Crippen molar-refractivity contribution in [1.82, 2.24) is 9.97 Å². The number of aromatic nitrogens is 2. The lowest BCUT2D eigenvalue weighted by atomic mass is 10.2. The lowest BCUT2D eigenvalue weighted by Crippen LogP contribution is -2.15. The van der Waals surface area contributed by atoms with E-state index in [0.29, 0.717) is 11.1 Å². The molecule has 3 nitrogen and oxygen atoms in total. The summed E-state index contributed by atoms with van der Waals surface area (Å²) in [5.74, 6) is 1.75. The summed E-state index contributed by atoms with van der Waals surface area (Å²) >= 11 is 6.02. The molecule has 0 saturated heterocycles. The quantitative estimate of drug-likeness (QED) is 0.904. The Morgan fingerprint density at radius 2 is 2.06 bits per heavy atom. The zero-order valence-corrected chi connectivity index (χ0v) is 11.8. The maximum atomic E-state index is 6.02. The molecule has 0 unspecified atom stereocenters. The number of nitrogens with zero attached hydrogens (tertiary/aromatic N) is 2. The van der Waals surface area contributed by atoms with Crippen LogP contribution in [0.5, 0.6) is 0 Å². The number of halogens is 1. The molecule has 0 amide bonds. The normalized spacial score (nSPS) is 12.7. The number of rotatable bonds is 4. The van der Waals surface area contributed by atoms with E-state index in [1.807, 2.05) is 18.2 Å². The van der Waals surface area contributed by atoms with Crippen LogP contribution in [0.1, 0.15) is 33.0 Å². The monoisotopic (exact) mass is 263 g/mol. The molecule has 1 aromatic carbocycles. The van der Waals surface area contributed by atoms with Crippen LogP contribution in [0.3, 0.4) is 0 Å². The third kappa shape index (κ3) is 2.72. The van der Waals surface area contributed by atoms with Crippen molar-refractivity contribution in [2.24, 2.45) is 0 Å². The third-order valence-electron chi connectivity index (χ3n) is 3.02. The van der Waals surface area contributed by atoms with Crippen molar-refractivity contribution >= 4 is 28.3 Å². The fraction of sp³-hybridized carbons (Fsp3) is 0.429. The molecule has 0 bridgehead atoms. The Labute approximate surface area is 113 Å². The van der Waals surface area contributed by atoms with Gasteiger partial charge in [-0.3, -0.25) is 0 Å². The molecular formula is C14H18ClN3. The van der Waals surface area contributed by atoms with Gasteiger partial charge in [0.2, 0.25) is 0 Å². The molecule has 0 spiro atoms. The molecule has 2 aromatic rings. The van der Waals surface area contributed by atoms with E-state index >= 15 is 0 Å². The summed E-state index contributed by atoms with van der Waals surface area (Å²) in [5.41, 5.74) is 0.903. The Bertz CT molecular complexity index is 554. The van der Waals surface area contributed by atoms with Gasteiger partial charge in [-0.2, -0.15) is 0 Å². The minimum Gasteiger partial charge on any atom is -0.367 e. The first-order chi connectivity index (χ1) is 8.63. The molecule has 0 fully saturated rings. The van der Waals surface area contributed by atoms with E-state index in [0.717, 1.165) is 35.4 Å². The van der Waals surface area contributed by atoms with Crippen LogP contribution >= 0.6 is 11.6 Å². The zero-order chi connectivity index (χ0) is 13.1. The molecule has 0 aliphatic heterocycles. The van der Waals surface area contributed by atoms with Crippen molar-refractivity contribution in [3.63, 3.8) is 0 Å². The maximum Gasteiger partial charge on any atom is 0.137 e. The highest BCUT2D eigenvalue weighted by molar-refractivity contribution is 6.31. The van der Waals surface area contributed by atoms with Crippen molar-refractivity contribution in [1.29, 1.82) is 0 Å². The maximum absolute atomic E-state index is 6.02. The number of fused-ring (bicyclic) bond motifs is 1. The van der Waals surface area contributed by atoms with Crippen LogP contribution in [-0.2, 0) is 6.42 Å². The molecule has 0 saturated carbocycles. The smallest absolute Gasteiger partial charge is 0.137 e. The second-order valence-electron chi connectivity index (χ2n) is 4.46. The molecule has 2 rings (SSSR count). The summed E-state index contributed by atoms with van der Waals surface area (Å²) < 4.78 is 0. The average Bonchev–Trinajstić information content (AvgIpc) is 2.37. The summed E-state index contributed by atoms with van der Waals surface area (Å²) in [6.45, 7) is 6.35. The third-order valence-corrected chi connectivity index (χ3v) is 3.25. The number of aryl methyl sites for hydroxylation is 1. The summed E-state index contributed by atoms with van der Waals surface area (Å²) in [5, 5.41) is 5.17. The fourth-order valence-electron chi connectivity index (χ4n) is 1.75. The van der Waals surface area contributed by atoms with Gasteiger partial charge in [-0.15, -0.1) is 0 Å². The highest BCUT2D eigenvalue weighted by Crippen LogP contribution is 2.24. The van der Waals surface area contributed by atoms with Crippen molar-refractivity contribution < 1.29 is 0 Å². The van der Waals surface area contributed by atoms with E-state index < -0.39 is 0 Å². The Kier molecular flexibility index (Phi) is 4.02. The lowest BCUT2D eigenvalue weighted by Gasteiger charge is -2.15. The minimum atomic E-state index is 0.392. The van der Waals surface area contributed by atoms with Gasteiger partial charge >= 0.3 is 0 Å². The van der Waals surface area contributed by atoms with E-state index in [2.05, 4.69) is 36.1 Å². The Morgan fingerprint density at radius 3 is 2.72 bits per heavy atom. The van der Waals surface area contributed by atoms with Gasteiger partial charge in [0, 0.05) is 22.9 Å². The van der Waals surface area contributed by atoms with Gasteiger partial charge in [-0.1, -0.05) is 25.4 Å². The largest absolute Gasteiger partial charge is 0.367 e. The summed E-state index contributed by atoms with van der Waals surface area (Å²) in [7, 11) is 0. The summed E-state index contributed by atoms with van der Waals surface area (Å²) in [4.78, 5) is 9.08. The van der Waals surface area contributed by atoms with Crippen LogP contribution in [0, 0.1) is 0 Å². The van der Waals surface area contributed by atoms with Crippen LogP contribution in [0.4, 0.5) is 5.82 Å². The molecule has 96 valence electrons. The van der Waals surface area contributed by atoms with Gasteiger partial charge in [0.15, 0.2) is 0 Å².